The van der Waals surface area contributed by atoms with E-state index in [1.165, 1.54) is 11.8 Å². The lowest BCUT2D eigenvalue weighted by Crippen LogP contribution is -2.28. The lowest BCUT2D eigenvalue weighted by molar-refractivity contribution is -0.119. The Labute approximate surface area is 154 Å². The van der Waals surface area contributed by atoms with Crippen molar-refractivity contribution < 1.29 is 9.21 Å². The normalized spacial score (nSPS) is 12.1. The summed E-state index contributed by atoms with van der Waals surface area (Å²) in [6.45, 7) is 1.87. The van der Waals surface area contributed by atoms with Gasteiger partial charge in [-0.25, -0.2) is 0 Å². The minimum atomic E-state index is -0.179. The fourth-order valence-electron chi connectivity index (χ4n) is 2.34. The van der Waals surface area contributed by atoms with E-state index < -0.39 is 0 Å². The molecule has 0 bridgehead atoms. The van der Waals surface area contributed by atoms with E-state index in [2.05, 4.69) is 15.5 Å². The van der Waals surface area contributed by atoms with Gasteiger partial charge in [-0.1, -0.05) is 35.5 Å². The summed E-state index contributed by atoms with van der Waals surface area (Å²) in [5.74, 6) is 1.52. The van der Waals surface area contributed by atoms with Crippen LogP contribution in [0.2, 0.25) is 5.02 Å². The maximum absolute atomic E-state index is 12.1. The summed E-state index contributed by atoms with van der Waals surface area (Å²) in [4.78, 5) is 12.1. The summed E-state index contributed by atoms with van der Waals surface area (Å²) < 4.78 is 7.11. The predicted octanol–water partition coefficient (Wildman–Crippen LogP) is 3.70. The van der Waals surface area contributed by atoms with Crippen LogP contribution in [-0.4, -0.2) is 26.4 Å². The lowest BCUT2D eigenvalue weighted by atomic mass is 10.2. The van der Waals surface area contributed by atoms with Crippen molar-refractivity contribution in [2.24, 2.45) is 7.05 Å². The number of nitrogens with one attached hydrogen (secondary N) is 1. The van der Waals surface area contributed by atoms with Gasteiger partial charge in [-0.3, -0.25) is 4.79 Å². The number of carbonyl (C=O) groups excluding carboxylic acids is 1. The average Bonchev–Trinajstić information content (AvgIpc) is 3.24. The first-order chi connectivity index (χ1) is 12.1. The maximum atomic E-state index is 12.1. The van der Waals surface area contributed by atoms with E-state index in [-0.39, 0.29) is 17.7 Å². The number of amides is 1. The maximum Gasteiger partial charge on any atom is 0.231 e. The second kappa shape index (κ2) is 7.76. The molecule has 6 nitrogen and oxygen atoms in total. The van der Waals surface area contributed by atoms with Crippen molar-refractivity contribution in [1.29, 1.82) is 0 Å². The fraction of sp³-hybridized carbons (Fsp3) is 0.235. The fourth-order valence-corrected chi connectivity index (χ4v) is 3.28. The summed E-state index contributed by atoms with van der Waals surface area (Å²) in [6, 6.07) is 10.9. The van der Waals surface area contributed by atoms with Gasteiger partial charge in [0.15, 0.2) is 11.0 Å². The molecule has 1 aromatic carbocycles. The SMILES string of the molecule is C[C@@H](NC(=O)CSc1nnc(-c2ccccc2Cl)n1C)c1ccco1. The van der Waals surface area contributed by atoms with Crippen molar-refractivity contribution in [2.45, 2.75) is 18.1 Å². The summed E-state index contributed by atoms with van der Waals surface area (Å²) >= 11 is 7.53. The highest BCUT2D eigenvalue weighted by Crippen LogP contribution is 2.28. The van der Waals surface area contributed by atoms with Crippen LogP contribution in [0.25, 0.3) is 11.4 Å². The highest BCUT2D eigenvalue weighted by molar-refractivity contribution is 7.99. The Morgan fingerprint density at radius 1 is 1.32 bits per heavy atom. The van der Waals surface area contributed by atoms with Gasteiger partial charge in [0.2, 0.25) is 5.91 Å². The Hall–Kier alpha value is -2.25. The van der Waals surface area contributed by atoms with Crippen molar-refractivity contribution in [2.75, 3.05) is 5.75 Å². The van der Waals surface area contributed by atoms with Gasteiger partial charge < -0.3 is 14.3 Å². The van der Waals surface area contributed by atoms with E-state index in [9.17, 15) is 4.79 Å². The second-order valence-corrected chi connectivity index (χ2v) is 6.79. The van der Waals surface area contributed by atoms with Crippen molar-refractivity contribution >= 4 is 29.3 Å². The highest BCUT2D eigenvalue weighted by Gasteiger charge is 2.16. The molecule has 0 saturated carbocycles. The molecule has 1 amide bonds. The molecule has 0 aliphatic carbocycles. The van der Waals surface area contributed by atoms with Crippen molar-refractivity contribution in [3.63, 3.8) is 0 Å². The molecule has 0 aliphatic heterocycles. The number of rotatable bonds is 6. The van der Waals surface area contributed by atoms with Crippen LogP contribution in [0.5, 0.6) is 0 Å². The van der Waals surface area contributed by atoms with Gasteiger partial charge in [0, 0.05) is 12.6 Å². The largest absolute Gasteiger partial charge is 0.467 e. The van der Waals surface area contributed by atoms with Gasteiger partial charge >= 0.3 is 0 Å². The van der Waals surface area contributed by atoms with Crippen LogP contribution in [-0.2, 0) is 11.8 Å². The predicted molar refractivity (Wildman–Crippen MR) is 97.4 cm³/mol. The number of nitrogens with zero attached hydrogens (tertiary/aromatic N) is 3. The standard InChI is InChI=1S/C17H17ClN4O2S/c1-11(14-8-5-9-24-14)19-15(23)10-25-17-21-20-16(22(17)2)12-6-3-4-7-13(12)18/h3-9,11H,10H2,1-2H3,(H,19,23)/t11-/m1/s1. The van der Waals surface area contributed by atoms with Gasteiger partial charge in [-0.05, 0) is 31.2 Å². The van der Waals surface area contributed by atoms with Gasteiger partial charge in [0.25, 0.3) is 0 Å². The van der Waals surface area contributed by atoms with Crippen molar-refractivity contribution in [3.05, 3.63) is 53.4 Å². The zero-order valence-electron chi connectivity index (χ0n) is 13.8. The molecule has 2 heterocycles. The summed E-state index contributed by atoms with van der Waals surface area (Å²) in [5, 5.41) is 12.5. The highest BCUT2D eigenvalue weighted by atomic mass is 35.5. The molecule has 2 aromatic heterocycles. The number of carbonyl (C=O) groups is 1. The minimum Gasteiger partial charge on any atom is -0.467 e. The van der Waals surface area contributed by atoms with Crippen LogP contribution in [0.3, 0.4) is 0 Å². The Morgan fingerprint density at radius 3 is 2.84 bits per heavy atom. The number of thioether (sulfide) groups is 1. The molecule has 25 heavy (non-hydrogen) atoms. The summed E-state index contributed by atoms with van der Waals surface area (Å²) in [5.41, 5.74) is 0.807. The molecule has 3 aromatic rings. The smallest absolute Gasteiger partial charge is 0.231 e. The van der Waals surface area contributed by atoms with Gasteiger partial charge in [-0.15, -0.1) is 10.2 Å². The first-order valence-corrected chi connectivity index (χ1v) is 9.02. The zero-order chi connectivity index (χ0) is 17.8. The molecule has 3 rings (SSSR count). The zero-order valence-corrected chi connectivity index (χ0v) is 15.3. The third-order valence-electron chi connectivity index (χ3n) is 3.63. The molecule has 130 valence electrons. The third-order valence-corrected chi connectivity index (χ3v) is 4.98. The van der Waals surface area contributed by atoms with Gasteiger partial charge in [0.05, 0.1) is 23.1 Å². The number of furan rings is 1. The topological polar surface area (TPSA) is 73.0 Å². The Kier molecular flexibility index (Phi) is 5.45. The Balaban J connectivity index is 1.62. The molecule has 8 heteroatoms. The number of hydrogen-bond donors (Lipinski definition) is 1. The van der Waals surface area contributed by atoms with E-state index in [4.69, 9.17) is 16.0 Å². The Bertz CT molecular complexity index is 863. The van der Waals surface area contributed by atoms with Crippen molar-refractivity contribution in [1.82, 2.24) is 20.1 Å². The lowest BCUT2D eigenvalue weighted by Gasteiger charge is -2.11. The number of hydrogen-bond acceptors (Lipinski definition) is 5. The van der Waals surface area contributed by atoms with Crippen LogP contribution in [0.1, 0.15) is 18.7 Å². The summed E-state index contributed by atoms with van der Waals surface area (Å²) in [6.07, 6.45) is 1.59. The van der Waals surface area contributed by atoms with Crippen LogP contribution in [0, 0.1) is 0 Å². The van der Waals surface area contributed by atoms with E-state index >= 15 is 0 Å². The molecule has 0 fully saturated rings. The molecular formula is C17H17ClN4O2S. The molecule has 0 aliphatic rings. The Morgan fingerprint density at radius 2 is 2.12 bits per heavy atom. The number of aromatic nitrogens is 3. The first kappa shape index (κ1) is 17.6. The van der Waals surface area contributed by atoms with E-state index in [0.29, 0.717) is 16.0 Å². The van der Waals surface area contributed by atoms with Crippen LogP contribution in [0.15, 0.2) is 52.2 Å². The monoisotopic (exact) mass is 376 g/mol. The second-order valence-electron chi connectivity index (χ2n) is 5.44. The molecule has 1 atom stereocenters. The molecule has 0 radical (unpaired) electrons. The van der Waals surface area contributed by atoms with E-state index in [0.717, 1.165) is 11.3 Å². The molecule has 0 unspecified atom stereocenters. The molecular weight excluding hydrogens is 360 g/mol. The van der Waals surface area contributed by atoms with E-state index in [1.54, 1.807) is 12.3 Å². The number of benzene rings is 1. The van der Waals surface area contributed by atoms with Gasteiger partial charge in [-0.2, -0.15) is 0 Å². The third kappa shape index (κ3) is 4.05. The van der Waals surface area contributed by atoms with Gasteiger partial charge in [0.1, 0.15) is 5.76 Å². The van der Waals surface area contributed by atoms with Crippen LogP contribution < -0.4 is 5.32 Å². The molecule has 1 N–H and O–H groups in total. The van der Waals surface area contributed by atoms with E-state index in [1.807, 2.05) is 48.9 Å². The first-order valence-electron chi connectivity index (χ1n) is 7.66. The average molecular weight is 377 g/mol. The quantitative estimate of drug-likeness (QED) is 0.664. The number of halogens is 1. The minimum absolute atomic E-state index is 0.101. The van der Waals surface area contributed by atoms with Crippen molar-refractivity contribution in [3.8, 4) is 11.4 Å². The molecule has 0 saturated heterocycles. The summed E-state index contributed by atoms with van der Waals surface area (Å²) in [7, 11) is 1.85. The van der Waals surface area contributed by atoms with Crippen LogP contribution in [0.4, 0.5) is 0 Å². The van der Waals surface area contributed by atoms with Crippen LogP contribution >= 0.6 is 23.4 Å². The molecule has 0 spiro atoms.